The van der Waals surface area contributed by atoms with Crippen molar-refractivity contribution in [2.24, 2.45) is 0 Å². The Balaban J connectivity index is 2.55. The van der Waals surface area contributed by atoms with Crippen LogP contribution in [0.4, 0.5) is 4.39 Å². The van der Waals surface area contributed by atoms with Gasteiger partial charge >= 0.3 is 5.97 Å². The van der Waals surface area contributed by atoms with Crippen molar-refractivity contribution in [1.29, 1.82) is 0 Å². The summed E-state index contributed by atoms with van der Waals surface area (Å²) in [6, 6.07) is 7.74. The standard InChI is InChI=1S/C14H12FNO2/c1-2-18-14(17)11-6-3-7-12(15)13(11)10-5-4-8-16-9-10/h3-9H,2H2,1H3. The Morgan fingerprint density at radius 1 is 1.33 bits per heavy atom. The lowest BCUT2D eigenvalue weighted by molar-refractivity contribution is 0.0527. The lowest BCUT2D eigenvalue weighted by atomic mass is 10.0. The van der Waals surface area contributed by atoms with Gasteiger partial charge in [0, 0.05) is 23.5 Å². The number of carbonyl (C=O) groups excluding carboxylic acids is 1. The highest BCUT2D eigenvalue weighted by Gasteiger charge is 2.17. The van der Waals surface area contributed by atoms with E-state index < -0.39 is 11.8 Å². The lowest BCUT2D eigenvalue weighted by Gasteiger charge is -2.09. The van der Waals surface area contributed by atoms with Gasteiger partial charge in [-0.25, -0.2) is 9.18 Å². The molecule has 1 aromatic heterocycles. The molecule has 0 saturated heterocycles. The molecule has 0 atom stereocenters. The minimum absolute atomic E-state index is 0.213. The fraction of sp³-hybridized carbons (Fsp3) is 0.143. The van der Waals surface area contributed by atoms with Gasteiger partial charge in [0.05, 0.1) is 12.2 Å². The summed E-state index contributed by atoms with van der Waals surface area (Å²) >= 11 is 0. The second kappa shape index (κ2) is 5.40. The fourth-order valence-corrected chi connectivity index (χ4v) is 1.71. The molecule has 2 rings (SSSR count). The number of hydrogen-bond donors (Lipinski definition) is 0. The summed E-state index contributed by atoms with van der Waals surface area (Å²) in [5.41, 5.74) is 0.993. The quantitative estimate of drug-likeness (QED) is 0.780. The molecule has 18 heavy (non-hydrogen) atoms. The predicted octanol–water partition coefficient (Wildman–Crippen LogP) is 3.06. The van der Waals surface area contributed by atoms with E-state index in [1.54, 1.807) is 31.3 Å². The Morgan fingerprint density at radius 3 is 2.83 bits per heavy atom. The Hall–Kier alpha value is -2.23. The number of esters is 1. The minimum Gasteiger partial charge on any atom is -0.462 e. The number of carbonyl (C=O) groups is 1. The molecule has 92 valence electrons. The molecule has 1 aromatic carbocycles. The SMILES string of the molecule is CCOC(=O)c1cccc(F)c1-c1cccnc1. The minimum atomic E-state index is -0.532. The van der Waals surface area contributed by atoms with Gasteiger partial charge in [0.15, 0.2) is 0 Å². The number of rotatable bonds is 3. The zero-order chi connectivity index (χ0) is 13.0. The monoisotopic (exact) mass is 245 g/mol. The van der Waals surface area contributed by atoms with Gasteiger partial charge < -0.3 is 4.74 Å². The highest BCUT2D eigenvalue weighted by molar-refractivity contribution is 5.97. The van der Waals surface area contributed by atoms with Crippen molar-refractivity contribution in [2.75, 3.05) is 6.61 Å². The maximum Gasteiger partial charge on any atom is 0.338 e. The number of benzene rings is 1. The van der Waals surface area contributed by atoms with Crippen LogP contribution in [0.15, 0.2) is 42.7 Å². The van der Waals surface area contributed by atoms with Gasteiger partial charge in [-0.1, -0.05) is 12.1 Å². The van der Waals surface area contributed by atoms with Crippen LogP contribution in [0.5, 0.6) is 0 Å². The van der Waals surface area contributed by atoms with Crippen LogP contribution in [0.2, 0.25) is 0 Å². The average molecular weight is 245 g/mol. The molecule has 0 aliphatic rings. The van der Waals surface area contributed by atoms with Crippen molar-refractivity contribution in [1.82, 2.24) is 4.98 Å². The molecule has 0 N–H and O–H groups in total. The molecule has 0 fully saturated rings. The van der Waals surface area contributed by atoms with Gasteiger partial charge in [0.1, 0.15) is 5.82 Å². The maximum atomic E-state index is 13.9. The van der Waals surface area contributed by atoms with Crippen molar-refractivity contribution < 1.29 is 13.9 Å². The molecule has 0 saturated carbocycles. The van der Waals surface area contributed by atoms with E-state index >= 15 is 0 Å². The van der Waals surface area contributed by atoms with Crippen LogP contribution in [-0.4, -0.2) is 17.6 Å². The molecule has 0 aliphatic carbocycles. The summed E-state index contributed by atoms with van der Waals surface area (Å²) in [5, 5.41) is 0. The molecule has 0 radical (unpaired) electrons. The summed E-state index contributed by atoms with van der Waals surface area (Å²) in [6.45, 7) is 1.96. The van der Waals surface area contributed by atoms with Gasteiger partial charge in [-0.3, -0.25) is 4.98 Å². The van der Waals surface area contributed by atoms with Crippen LogP contribution in [0.25, 0.3) is 11.1 Å². The lowest BCUT2D eigenvalue weighted by Crippen LogP contribution is -2.07. The summed E-state index contributed by atoms with van der Waals surface area (Å²) in [6.07, 6.45) is 3.11. The van der Waals surface area contributed by atoms with Crippen molar-refractivity contribution in [3.05, 3.63) is 54.1 Å². The second-order valence-electron chi connectivity index (χ2n) is 3.62. The van der Waals surface area contributed by atoms with Crippen LogP contribution in [0.1, 0.15) is 17.3 Å². The Labute approximate surface area is 104 Å². The molecule has 1 heterocycles. The van der Waals surface area contributed by atoms with Crippen molar-refractivity contribution in [3.63, 3.8) is 0 Å². The van der Waals surface area contributed by atoms with E-state index in [-0.39, 0.29) is 17.7 Å². The van der Waals surface area contributed by atoms with Crippen molar-refractivity contribution in [2.45, 2.75) is 6.92 Å². The van der Waals surface area contributed by atoms with E-state index in [0.717, 1.165) is 0 Å². The first-order chi connectivity index (χ1) is 8.74. The Kier molecular flexibility index (Phi) is 3.67. The van der Waals surface area contributed by atoms with Crippen LogP contribution in [0.3, 0.4) is 0 Å². The largest absolute Gasteiger partial charge is 0.462 e. The second-order valence-corrected chi connectivity index (χ2v) is 3.62. The van der Waals surface area contributed by atoms with Gasteiger partial charge in [-0.15, -0.1) is 0 Å². The molecule has 0 unspecified atom stereocenters. The Bertz CT molecular complexity index is 555. The number of pyridine rings is 1. The van der Waals surface area contributed by atoms with Gasteiger partial charge in [-0.2, -0.15) is 0 Å². The molecular formula is C14H12FNO2. The first kappa shape index (κ1) is 12.2. The summed E-state index contributed by atoms with van der Waals surface area (Å²) in [4.78, 5) is 15.7. The highest BCUT2D eigenvalue weighted by atomic mass is 19.1. The molecule has 0 spiro atoms. The van der Waals surface area contributed by atoms with E-state index in [0.29, 0.717) is 5.56 Å². The van der Waals surface area contributed by atoms with Gasteiger partial charge in [-0.05, 0) is 25.1 Å². The van der Waals surface area contributed by atoms with E-state index in [1.807, 2.05) is 0 Å². The van der Waals surface area contributed by atoms with E-state index in [4.69, 9.17) is 4.74 Å². The molecule has 4 heteroatoms. The smallest absolute Gasteiger partial charge is 0.338 e. The fourth-order valence-electron chi connectivity index (χ4n) is 1.71. The van der Waals surface area contributed by atoms with Crippen LogP contribution < -0.4 is 0 Å². The first-order valence-electron chi connectivity index (χ1n) is 5.60. The van der Waals surface area contributed by atoms with Crippen molar-refractivity contribution >= 4 is 5.97 Å². The van der Waals surface area contributed by atoms with Crippen LogP contribution >= 0.6 is 0 Å². The summed E-state index contributed by atoms with van der Waals surface area (Å²) < 4.78 is 18.8. The third-order valence-electron chi connectivity index (χ3n) is 2.46. The number of hydrogen-bond acceptors (Lipinski definition) is 3. The molecule has 0 aliphatic heterocycles. The topological polar surface area (TPSA) is 39.2 Å². The third-order valence-corrected chi connectivity index (χ3v) is 2.46. The molecular weight excluding hydrogens is 233 g/mol. The maximum absolute atomic E-state index is 13.9. The normalized spacial score (nSPS) is 10.1. The molecule has 3 nitrogen and oxygen atoms in total. The number of aromatic nitrogens is 1. The van der Waals surface area contributed by atoms with E-state index in [2.05, 4.69) is 4.98 Å². The summed E-state index contributed by atoms with van der Waals surface area (Å²) in [7, 11) is 0. The highest BCUT2D eigenvalue weighted by Crippen LogP contribution is 2.26. The number of halogens is 1. The third kappa shape index (κ3) is 2.37. The van der Waals surface area contributed by atoms with Gasteiger partial charge in [0.2, 0.25) is 0 Å². The number of nitrogens with zero attached hydrogens (tertiary/aromatic N) is 1. The van der Waals surface area contributed by atoms with Crippen molar-refractivity contribution in [3.8, 4) is 11.1 Å². The zero-order valence-electron chi connectivity index (χ0n) is 9.89. The zero-order valence-corrected chi connectivity index (χ0v) is 9.89. The molecule has 2 aromatic rings. The Morgan fingerprint density at radius 2 is 2.17 bits per heavy atom. The van der Waals surface area contributed by atoms with Crippen LogP contribution in [-0.2, 0) is 4.74 Å². The van der Waals surface area contributed by atoms with Gasteiger partial charge in [0.25, 0.3) is 0 Å². The average Bonchev–Trinajstić information content (AvgIpc) is 2.39. The molecule has 0 bridgehead atoms. The summed E-state index contributed by atoms with van der Waals surface area (Å²) in [5.74, 6) is -0.996. The predicted molar refractivity (Wildman–Crippen MR) is 65.6 cm³/mol. The van der Waals surface area contributed by atoms with E-state index in [1.165, 1.54) is 18.3 Å². The number of ether oxygens (including phenoxy) is 1. The van der Waals surface area contributed by atoms with Crippen LogP contribution in [0, 0.1) is 5.82 Å². The first-order valence-corrected chi connectivity index (χ1v) is 5.60. The molecule has 0 amide bonds. The van der Waals surface area contributed by atoms with E-state index in [9.17, 15) is 9.18 Å².